The largest absolute Gasteiger partial charge is 0.470 e. The standard InChI is InChI=1S/C27H27N3O/c1-3-9-21(10-4-1)20-29-17-15-27(16-18-29)30-25(23-13-7-8-14-26(23)31-27)19-24(28-30)22-11-5-2-6-12-22/h1-14,19,25,28H,15-18,20H2/p+1. The van der Waals surface area contributed by atoms with Crippen molar-refractivity contribution in [1.29, 1.82) is 0 Å². The van der Waals surface area contributed by atoms with Crippen molar-refractivity contribution in [2.24, 2.45) is 0 Å². The smallest absolute Gasteiger partial charge is 0.191 e. The molecule has 156 valence electrons. The van der Waals surface area contributed by atoms with Crippen LogP contribution in [0.15, 0.2) is 91.0 Å². The number of nitrogens with one attached hydrogen (secondary N) is 2. The van der Waals surface area contributed by atoms with Gasteiger partial charge >= 0.3 is 0 Å². The van der Waals surface area contributed by atoms with Gasteiger partial charge < -0.3 is 15.1 Å². The van der Waals surface area contributed by atoms with E-state index in [4.69, 9.17) is 4.74 Å². The van der Waals surface area contributed by atoms with E-state index < -0.39 is 0 Å². The molecule has 0 aliphatic carbocycles. The summed E-state index contributed by atoms with van der Waals surface area (Å²) in [4.78, 5) is 1.63. The highest BCUT2D eigenvalue weighted by atomic mass is 16.5. The molecule has 1 atom stereocenters. The minimum atomic E-state index is -0.313. The monoisotopic (exact) mass is 410 g/mol. The number of para-hydroxylation sites is 1. The Bertz CT molecular complexity index is 1090. The van der Waals surface area contributed by atoms with Crippen molar-refractivity contribution in [1.82, 2.24) is 10.4 Å². The van der Waals surface area contributed by atoms with E-state index >= 15 is 0 Å². The average molecular weight is 411 g/mol. The predicted octanol–water partition coefficient (Wildman–Crippen LogP) is 3.56. The summed E-state index contributed by atoms with van der Waals surface area (Å²) < 4.78 is 6.77. The Balaban J connectivity index is 1.28. The second-order valence-electron chi connectivity index (χ2n) is 8.87. The summed E-state index contributed by atoms with van der Waals surface area (Å²) in [5, 5.41) is 2.39. The van der Waals surface area contributed by atoms with E-state index in [9.17, 15) is 0 Å². The highest BCUT2D eigenvalue weighted by molar-refractivity contribution is 5.67. The summed E-state index contributed by atoms with van der Waals surface area (Å²) in [5.41, 5.74) is 8.46. The van der Waals surface area contributed by atoms with Gasteiger partial charge in [-0.2, -0.15) is 5.01 Å². The summed E-state index contributed by atoms with van der Waals surface area (Å²) in [7, 11) is 0. The molecule has 31 heavy (non-hydrogen) atoms. The van der Waals surface area contributed by atoms with Gasteiger partial charge in [-0.1, -0.05) is 78.9 Å². The summed E-state index contributed by atoms with van der Waals surface area (Å²) in [5.74, 6) is 1.03. The first kappa shape index (κ1) is 18.7. The molecule has 1 fully saturated rings. The summed E-state index contributed by atoms with van der Waals surface area (Å²) >= 11 is 0. The molecular weight excluding hydrogens is 382 g/mol. The van der Waals surface area contributed by atoms with Gasteiger partial charge in [-0.3, -0.25) is 0 Å². The fourth-order valence-corrected chi connectivity index (χ4v) is 5.30. The van der Waals surface area contributed by atoms with E-state index in [2.05, 4.69) is 101 Å². The molecule has 0 bridgehead atoms. The van der Waals surface area contributed by atoms with E-state index in [1.165, 1.54) is 22.4 Å². The summed E-state index contributed by atoms with van der Waals surface area (Å²) in [6.45, 7) is 3.28. The maximum atomic E-state index is 6.77. The van der Waals surface area contributed by atoms with E-state index in [1.807, 2.05) is 0 Å². The highest BCUT2D eigenvalue weighted by Gasteiger charge is 2.52. The molecule has 0 radical (unpaired) electrons. The number of piperidine rings is 1. The summed E-state index contributed by atoms with van der Waals surface area (Å²) in [6, 6.07) is 30.1. The third-order valence-electron chi connectivity index (χ3n) is 6.94. The molecule has 4 heteroatoms. The third kappa shape index (κ3) is 3.32. The molecule has 0 amide bonds. The molecule has 4 nitrogen and oxygen atoms in total. The lowest BCUT2D eigenvalue weighted by molar-refractivity contribution is -0.921. The molecule has 2 N–H and O–H groups in total. The molecule has 1 saturated heterocycles. The van der Waals surface area contributed by atoms with Gasteiger partial charge in [-0.05, 0) is 17.7 Å². The molecule has 3 heterocycles. The number of likely N-dealkylation sites (tertiary alicyclic amines) is 1. The SMILES string of the molecule is C1=C(c2ccccc2)NN2C1c1ccccc1OC21CC[NH+](Cc2ccccc2)CC1. The van der Waals surface area contributed by atoms with Gasteiger partial charge in [0.2, 0.25) is 0 Å². The maximum Gasteiger partial charge on any atom is 0.191 e. The van der Waals surface area contributed by atoms with Crippen LogP contribution in [-0.4, -0.2) is 23.8 Å². The number of fused-ring (bicyclic) bond motifs is 4. The quantitative estimate of drug-likeness (QED) is 0.692. The number of benzene rings is 3. The van der Waals surface area contributed by atoms with Crippen LogP contribution in [0.1, 0.15) is 35.6 Å². The van der Waals surface area contributed by atoms with Gasteiger partial charge in [0.15, 0.2) is 5.72 Å². The van der Waals surface area contributed by atoms with Crippen molar-refractivity contribution in [2.75, 3.05) is 13.1 Å². The van der Waals surface area contributed by atoms with Crippen molar-refractivity contribution in [3.8, 4) is 5.75 Å². The van der Waals surface area contributed by atoms with Crippen molar-refractivity contribution in [3.63, 3.8) is 0 Å². The number of rotatable bonds is 3. The van der Waals surface area contributed by atoms with Crippen molar-refractivity contribution in [3.05, 3.63) is 108 Å². The van der Waals surface area contributed by atoms with Crippen LogP contribution < -0.4 is 15.1 Å². The first-order chi connectivity index (χ1) is 15.3. The van der Waals surface area contributed by atoms with Gasteiger partial charge in [0, 0.05) is 11.1 Å². The fourth-order valence-electron chi connectivity index (χ4n) is 5.30. The lowest BCUT2D eigenvalue weighted by atomic mass is 9.92. The number of quaternary nitrogens is 1. The van der Waals surface area contributed by atoms with E-state index in [-0.39, 0.29) is 11.8 Å². The first-order valence-corrected chi connectivity index (χ1v) is 11.3. The van der Waals surface area contributed by atoms with Gasteiger partial charge in [0.25, 0.3) is 0 Å². The first-order valence-electron chi connectivity index (χ1n) is 11.3. The average Bonchev–Trinajstić information content (AvgIpc) is 3.29. The van der Waals surface area contributed by atoms with Crippen LogP contribution >= 0.6 is 0 Å². The Labute approximate surface area is 183 Å². The van der Waals surface area contributed by atoms with Crippen LogP contribution in [0.3, 0.4) is 0 Å². The van der Waals surface area contributed by atoms with Crippen LogP contribution in [0.5, 0.6) is 5.75 Å². The zero-order valence-corrected chi connectivity index (χ0v) is 17.6. The third-order valence-corrected chi connectivity index (χ3v) is 6.94. The van der Waals surface area contributed by atoms with Crippen molar-refractivity contribution >= 4 is 5.70 Å². The Morgan fingerprint density at radius 3 is 2.32 bits per heavy atom. The van der Waals surface area contributed by atoms with Crippen LogP contribution in [-0.2, 0) is 6.54 Å². The second kappa shape index (κ2) is 7.56. The highest BCUT2D eigenvalue weighted by Crippen LogP contribution is 2.47. The molecule has 1 unspecified atom stereocenters. The molecule has 0 saturated carbocycles. The zero-order chi connectivity index (χ0) is 20.7. The lowest BCUT2D eigenvalue weighted by Gasteiger charge is -2.50. The summed E-state index contributed by atoms with van der Waals surface area (Å²) in [6.07, 6.45) is 4.37. The van der Waals surface area contributed by atoms with Crippen LogP contribution in [0, 0.1) is 0 Å². The van der Waals surface area contributed by atoms with Gasteiger partial charge in [-0.25, -0.2) is 0 Å². The number of hydrogen-bond donors (Lipinski definition) is 2. The molecule has 6 rings (SSSR count). The molecular formula is C27H28N3O+. The predicted molar refractivity (Wildman–Crippen MR) is 122 cm³/mol. The number of hydrogen-bond acceptors (Lipinski definition) is 3. The number of hydrazine groups is 1. The number of nitrogens with zero attached hydrogens (tertiary/aromatic N) is 1. The minimum absolute atomic E-state index is 0.191. The Morgan fingerprint density at radius 2 is 1.55 bits per heavy atom. The molecule has 3 aliphatic rings. The Hall–Kier alpha value is -3.08. The van der Waals surface area contributed by atoms with Crippen molar-refractivity contribution < 1.29 is 9.64 Å². The topological polar surface area (TPSA) is 28.9 Å². The van der Waals surface area contributed by atoms with Crippen molar-refractivity contribution in [2.45, 2.75) is 31.2 Å². The lowest BCUT2D eigenvalue weighted by Crippen LogP contribution is -3.12. The zero-order valence-electron chi connectivity index (χ0n) is 17.6. The maximum absolute atomic E-state index is 6.77. The van der Waals surface area contributed by atoms with E-state index in [0.29, 0.717) is 0 Å². The van der Waals surface area contributed by atoms with Crippen LogP contribution in [0.25, 0.3) is 5.70 Å². The van der Waals surface area contributed by atoms with Gasteiger partial charge in [0.05, 0.1) is 37.7 Å². The Kier molecular flexibility index (Phi) is 4.55. The molecule has 1 spiro atoms. The molecule has 3 aromatic rings. The van der Waals surface area contributed by atoms with Gasteiger partial charge in [-0.15, -0.1) is 0 Å². The van der Waals surface area contributed by atoms with Crippen LogP contribution in [0.2, 0.25) is 0 Å². The van der Waals surface area contributed by atoms with E-state index in [0.717, 1.165) is 38.2 Å². The molecule has 0 aromatic heterocycles. The van der Waals surface area contributed by atoms with Crippen LogP contribution in [0.4, 0.5) is 0 Å². The van der Waals surface area contributed by atoms with Gasteiger partial charge in [0.1, 0.15) is 12.3 Å². The van der Waals surface area contributed by atoms with E-state index in [1.54, 1.807) is 4.90 Å². The minimum Gasteiger partial charge on any atom is -0.470 e. The number of ether oxygens (including phenoxy) is 1. The second-order valence-corrected chi connectivity index (χ2v) is 8.87. The fraction of sp³-hybridized carbons (Fsp3) is 0.259. The Morgan fingerprint density at radius 1 is 0.871 bits per heavy atom. The normalized spacial score (nSPS) is 27.0. The molecule has 3 aliphatic heterocycles. The molecule has 3 aromatic carbocycles.